The third-order valence-electron chi connectivity index (χ3n) is 3.99. The molecular formula is C13H19N3O3S. The van der Waals surface area contributed by atoms with Gasteiger partial charge in [0.2, 0.25) is 15.5 Å². The molecule has 2 aliphatic rings. The summed E-state index contributed by atoms with van der Waals surface area (Å²) in [6.45, 7) is 1.87. The van der Waals surface area contributed by atoms with E-state index in [1.165, 1.54) is 31.3 Å². The predicted molar refractivity (Wildman–Crippen MR) is 75.0 cm³/mol. The smallest absolute Gasteiger partial charge is 0.246 e. The van der Waals surface area contributed by atoms with E-state index in [0.717, 1.165) is 32.0 Å². The van der Waals surface area contributed by atoms with E-state index in [9.17, 15) is 13.2 Å². The van der Waals surface area contributed by atoms with Gasteiger partial charge in [0.15, 0.2) is 0 Å². The highest BCUT2D eigenvalue weighted by Crippen LogP contribution is 2.29. The molecule has 2 fully saturated rings. The molecule has 2 heterocycles. The first kappa shape index (κ1) is 13.8. The molecule has 2 N–H and O–H groups in total. The van der Waals surface area contributed by atoms with E-state index in [0.29, 0.717) is 0 Å². The van der Waals surface area contributed by atoms with Crippen molar-refractivity contribution >= 4 is 10.0 Å². The summed E-state index contributed by atoms with van der Waals surface area (Å²) in [7, 11) is -3.72. The number of piperidine rings is 1. The molecule has 1 saturated heterocycles. The van der Waals surface area contributed by atoms with E-state index in [4.69, 9.17) is 0 Å². The maximum absolute atomic E-state index is 12.2. The molecule has 7 heteroatoms. The lowest BCUT2D eigenvalue weighted by molar-refractivity contribution is 0.199. The molecule has 0 radical (unpaired) electrons. The number of rotatable bonds is 4. The normalized spacial score (nSPS) is 22.0. The molecule has 0 bridgehead atoms. The Morgan fingerprint density at radius 3 is 2.50 bits per heavy atom. The molecule has 1 saturated carbocycles. The number of hydrogen-bond donors (Lipinski definition) is 2. The van der Waals surface area contributed by atoms with Gasteiger partial charge in [0, 0.05) is 30.5 Å². The number of aromatic amines is 1. The fourth-order valence-electron chi connectivity index (χ4n) is 2.72. The van der Waals surface area contributed by atoms with Gasteiger partial charge in [-0.1, -0.05) is 0 Å². The molecule has 0 unspecified atom stereocenters. The Hall–Kier alpha value is -1.18. The first-order chi connectivity index (χ1) is 9.56. The van der Waals surface area contributed by atoms with E-state index in [1.807, 2.05) is 0 Å². The number of sulfonamides is 1. The first-order valence-electron chi connectivity index (χ1n) is 7.00. The SMILES string of the molecule is O=c1cc[nH]cc1S(=O)(=O)NC1CCN(C2CC2)CC1. The second-order valence-electron chi connectivity index (χ2n) is 5.54. The van der Waals surface area contributed by atoms with Crippen molar-refractivity contribution in [3.05, 3.63) is 28.7 Å². The monoisotopic (exact) mass is 297 g/mol. The summed E-state index contributed by atoms with van der Waals surface area (Å²) in [6, 6.07) is 1.88. The lowest BCUT2D eigenvalue weighted by Gasteiger charge is -2.32. The largest absolute Gasteiger partial charge is 0.366 e. The van der Waals surface area contributed by atoms with Crippen LogP contribution in [0.5, 0.6) is 0 Å². The molecule has 1 aromatic rings. The van der Waals surface area contributed by atoms with Crippen LogP contribution in [0.3, 0.4) is 0 Å². The van der Waals surface area contributed by atoms with E-state index < -0.39 is 15.5 Å². The summed E-state index contributed by atoms with van der Waals surface area (Å²) in [4.78, 5) is 16.5. The first-order valence-corrected chi connectivity index (χ1v) is 8.48. The average molecular weight is 297 g/mol. The lowest BCUT2D eigenvalue weighted by Crippen LogP contribution is -2.45. The van der Waals surface area contributed by atoms with Crippen LogP contribution < -0.4 is 10.2 Å². The van der Waals surface area contributed by atoms with Crippen LogP contribution in [0.1, 0.15) is 25.7 Å². The molecule has 1 aliphatic carbocycles. The zero-order valence-electron chi connectivity index (χ0n) is 11.2. The van der Waals surface area contributed by atoms with Gasteiger partial charge in [-0.25, -0.2) is 13.1 Å². The van der Waals surface area contributed by atoms with Crippen molar-refractivity contribution in [1.82, 2.24) is 14.6 Å². The van der Waals surface area contributed by atoms with Crippen molar-refractivity contribution in [2.45, 2.75) is 42.7 Å². The van der Waals surface area contributed by atoms with Crippen molar-refractivity contribution in [3.63, 3.8) is 0 Å². The van der Waals surface area contributed by atoms with Crippen LogP contribution in [0.2, 0.25) is 0 Å². The molecule has 6 nitrogen and oxygen atoms in total. The zero-order valence-corrected chi connectivity index (χ0v) is 12.0. The molecule has 3 rings (SSSR count). The van der Waals surface area contributed by atoms with Gasteiger partial charge in [0.1, 0.15) is 4.90 Å². The van der Waals surface area contributed by atoms with Gasteiger partial charge >= 0.3 is 0 Å². The summed E-state index contributed by atoms with van der Waals surface area (Å²) in [5, 5.41) is 0. The van der Waals surface area contributed by atoms with Crippen molar-refractivity contribution in [3.8, 4) is 0 Å². The molecule has 0 atom stereocenters. The van der Waals surface area contributed by atoms with Gasteiger partial charge in [-0.05, 0) is 38.8 Å². The minimum absolute atomic E-state index is 0.0744. The maximum atomic E-state index is 12.2. The number of H-pyrrole nitrogens is 1. The molecule has 1 aliphatic heterocycles. The van der Waals surface area contributed by atoms with Crippen LogP contribution in [-0.2, 0) is 10.0 Å². The van der Waals surface area contributed by atoms with Gasteiger partial charge in [-0.15, -0.1) is 0 Å². The van der Waals surface area contributed by atoms with E-state index in [-0.39, 0.29) is 10.9 Å². The van der Waals surface area contributed by atoms with Crippen LogP contribution >= 0.6 is 0 Å². The molecular weight excluding hydrogens is 278 g/mol. The van der Waals surface area contributed by atoms with Crippen LogP contribution in [0.4, 0.5) is 0 Å². The summed E-state index contributed by atoms with van der Waals surface area (Å²) < 4.78 is 27.1. The van der Waals surface area contributed by atoms with Crippen LogP contribution in [0, 0.1) is 0 Å². The van der Waals surface area contributed by atoms with Gasteiger partial charge in [-0.3, -0.25) is 4.79 Å². The summed E-state index contributed by atoms with van der Waals surface area (Å²) in [6.07, 6.45) is 6.83. The van der Waals surface area contributed by atoms with Crippen LogP contribution in [0.25, 0.3) is 0 Å². The number of nitrogens with one attached hydrogen (secondary N) is 2. The second-order valence-corrected chi connectivity index (χ2v) is 7.22. The Labute approximate surface area is 118 Å². The quantitative estimate of drug-likeness (QED) is 0.836. The lowest BCUT2D eigenvalue weighted by atomic mass is 10.1. The third-order valence-corrected chi connectivity index (χ3v) is 5.53. The number of hydrogen-bond acceptors (Lipinski definition) is 4. The highest BCUT2D eigenvalue weighted by atomic mass is 32.2. The summed E-state index contributed by atoms with van der Waals surface area (Å²) in [5.74, 6) is 0. The predicted octanol–water partition coefficient (Wildman–Crippen LogP) is 0.280. The molecule has 0 amide bonds. The Balaban J connectivity index is 1.65. The van der Waals surface area contributed by atoms with Crippen LogP contribution in [0.15, 0.2) is 28.2 Å². The number of pyridine rings is 1. The van der Waals surface area contributed by atoms with Crippen molar-refractivity contribution in [1.29, 1.82) is 0 Å². The van der Waals surface area contributed by atoms with Gasteiger partial charge in [0.05, 0.1) is 0 Å². The number of aromatic nitrogens is 1. The molecule has 0 spiro atoms. The fraction of sp³-hybridized carbons (Fsp3) is 0.615. The van der Waals surface area contributed by atoms with Crippen molar-refractivity contribution in [2.24, 2.45) is 0 Å². The maximum Gasteiger partial charge on any atom is 0.246 e. The third kappa shape index (κ3) is 2.94. The molecule has 110 valence electrons. The van der Waals surface area contributed by atoms with Gasteiger partial charge < -0.3 is 9.88 Å². The van der Waals surface area contributed by atoms with E-state index in [2.05, 4.69) is 14.6 Å². The van der Waals surface area contributed by atoms with Crippen LogP contribution in [-0.4, -0.2) is 43.5 Å². The summed E-state index contributed by atoms with van der Waals surface area (Å²) in [5.41, 5.74) is -0.480. The Morgan fingerprint density at radius 1 is 1.20 bits per heavy atom. The Bertz CT molecular complexity index is 628. The van der Waals surface area contributed by atoms with Gasteiger partial charge in [0.25, 0.3) is 0 Å². The second kappa shape index (κ2) is 5.31. The highest BCUT2D eigenvalue weighted by molar-refractivity contribution is 7.89. The zero-order chi connectivity index (χ0) is 14.2. The Morgan fingerprint density at radius 2 is 1.90 bits per heavy atom. The average Bonchev–Trinajstić information content (AvgIpc) is 3.24. The van der Waals surface area contributed by atoms with Crippen molar-refractivity contribution in [2.75, 3.05) is 13.1 Å². The minimum Gasteiger partial charge on any atom is -0.366 e. The van der Waals surface area contributed by atoms with Gasteiger partial charge in [-0.2, -0.15) is 0 Å². The van der Waals surface area contributed by atoms with E-state index in [1.54, 1.807) is 0 Å². The number of nitrogens with zero attached hydrogens (tertiary/aromatic N) is 1. The molecule has 20 heavy (non-hydrogen) atoms. The highest BCUT2D eigenvalue weighted by Gasteiger charge is 2.33. The summed E-state index contributed by atoms with van der Waals surface area (Å²) >= 11 is 0. The minimum atomic E-state index is -3.72. The topological polar surface area (TPSA) is 82.3 Å². The number of likely N-dealkylation sites (tertiary alicyclic amines) is 1. The molecule has 1 aromatic heterocycles. The van der Waals surface area contributed by atoms with E-state index >= 15 is 0 Å². The molecule has 0 aromatic carbocycles. The fourth-order valence-corrected chi connectivity index (χ4v) is 4.07. The Kier molecular flexibility index (Phi) is 3.66. The van der Waals surface area contributed by atoms with Crippen molar-refractivity contribution < 1.29 is 8.42 Å². The standard InChI is InChI=1S/C13H19N3O3S/c17-12-3-6-14-9-13(12)20(18,19)15-10-4-7-16(8-5-10)11-1-2-11/h3,6,9-11,15H,1-2,4-5,7-8H2,(H,14,17).